The van der Waals surface area contributed by atoms with Crippen molar-refractivity contribution in [3.8, 4) is 0 Å². The maximum atomic E-state index is 10.6. The average Bonchev–Trinajstić information content (AvgIpc) is 2.69. The van der Waals surface area contributed by atoms with Crippen LogP contribution in [0.15, 0.2) is 5.18 Å². The van der Waals surface area contributed by atoms with Crippen molar-refractivity contribution < 1.29 is 0 Å². The molecule has 0 aliphatic carbocycles. The summed E-state index contributed by atoms with van der Waals surface area (Å²) in [6.07, 6.45) is 30.6. The minimum absolute atomic E-state index is 0.353. The van der Waals surface area contributed by atoms with Gasteiger partial charge < -0.3 is 0 Å². The fraction of sp³-hybridized carbons (Fsp3) is 1.00. The molecule has 0 aliphatic heterocycles. The SMILES string of the molecule is CCCCCCCCCCCCCCCCCCCCCCCC(C)(C)N=O. The summed E-state index contributed by atoms with van der Waals surface area (Å²) in [5.41, 5.74) is -0.353. The molecular weight excluding hydrogens is 342 g/mol. The van der Waals surface area contributed by atoms with Crippen LogP contribution in [0.1, 0.15) is 162 Å². The van der Waals surface area contributed by atoms with E-state index in [9.17, 15) is 4.91 Å². The second-order valence-electron chi connectivity index (χ2n) is 9.72. The fourth-order valence-electron chi connectivity index (χ4n) is 4.04. The minimum Gasteiger partial charge on any atom is -0.150 e. The first-order valence-electron chi connectivity index (χ1n) is 13.0. The van der Waals surface area contributed by atoms with Crippen molar-refractivity contribution in [1.82, 2.24) is 0 Å². The molecule has 0 spiro atoms. The van der Waals surface area contributed by atoms with Crippen molar-refractivity contribution in [2.45, 2.75) is 168 Å². The lowest BCUT2D eigenvalue weighted by atomic mass is 9.97. The molecule has 0 aromatic rings. The van der Waals surface area contributed by atoms with Gasteiger partial charge >= 0.3 is 0 Å². The van der Waals surface area contributed by atoms with E-state index in [2.05, 4.69) is 12.1 Å². The summed E-state index contributed by atoms with van der Waals surface area (Å²) in [4.78, 5) is 10.6. The smallest absolute Gasteiger partial charge is 0.0970 e. The first kappa shape index (κ1) is 27.6. The highest BCUT2D eigenvalue weighted by atomic mass is 16.3. The summed E-state index contributed by atoms with van der Waals surface area (Å²) >= 11 is 0. The largest absolute Gasteiger partial charge is 0.150 e. The third kappa shape index (κ3) is 21.9. The molecule has 0 aliphatic rings. The quantitative estimate of drug-likeness (QED) is 0.125. The van der Waals surface area contributed by atoms with Crippen LogP contribution < -0.4 is 0 Å². The molecule has 0 atom stereocenters. The van der Waals surface area contributed by atoms with Gasteiger partial charge in [-0.05, 0) is 20.3 Å². The van der Waals surface area contributed by atoms with E-state index in [0.717, 1.165) is 12.8 Å². The van der Waals surface area contributed by atoms with Gasteiger partial charge in [0.15, 0.2) is 0 Å². The summed E-state index contributed by atoms with van der Waals surface area (Å²) < 4.78 is 0. The maximum Gasteiger partial charge on any atom is 0.0970 e. The monoisotopic (exact) mass is 395 g/mol. The average molecular weight is 396 g/mol. The molecule has 0 aromatic heterocycles. The molecule has 0 amide bonds. The van der Waals surface area contributed by atoms with Crippen LogP contribution in [0.25, 0.3) is 0 Å². The highest BCUT2D eigenvalue weighted by Gasteiger charge is 2.16. The van der Waals surface area contributed by atoms with E-state index < -0.39 is 0 Å². The van der Waals surface area contributed by atoms with Crippen molar-refractivity contribution in [1.29, 1.82) is 0 Å². The van der Waals surface area contributed by atoms with Crippen LogP contribution in [-0.2, 0) is 0 Å². The topological polar surface area (TPSA) is 29.4 Å². The molecule has 28 heavy (non-hydrogen) atoms. The number of nitrogens with zero attached hydrogens (tertiary/aromatic N) is 1. The van der Waals surface area contributed by atoms with Gasteiger partial charge in [0.25, 0.3) is 0 Å². The maximum absolute atomic E-state index is 10.6. The van der Waals surface area contributed by atoms with Crippen molar-refractivity contribution >= 4 is 0 Å². The molecule has 0 rings (SSSR count). The molecule has 0 saturated carbocycles. The second-order valence-corrected chi connectivity index (χ2v) is 9.72. The summed E-state index contributed by atoms with van der Waals surface area (Å²) in [5, 5.41) is 3.19. The lowest BCUT2D eigenvalue weighted by Crippen LogP contribution is -2.14. The van der Waals surface area contributed by atoms with Gasteiger partial charge in [-0.25, -0.2) is 0 Å². The van der Waals surface area contributed by atoms with E-state index in [1.165, 1.54) is 128 Å². The van der Waals surface area contributed by atoms with Crippen LogP contribution in [-0.4, -0.2) is 5.54 Å². The molecule has 0 saturated heterocycles. The number of nitroso groups, excluding NO2 is 1. The number of hydrogen-bond acceptors (Lipinski definition) is 2. The standard InChI is InChI=1S/C26H53NO/c1-4-5-6-7-8-9-10-11-12-13-14-15-16-17-18-19-20-21-22-23-24-25-26(2,3)27-28/h4-25H2,1-3H3. The van der Waals surface area contributed by atoms with Crippen molar-refractivity contribution in [2.24, 2.45) is 5.18 Å². The van der Waals surface area contributed by atoms with E-state index in [-0.39, 0.29) is 5.54 Å². The molecule has 0 aromatic carbocycles. The van der Waals surface area contributed by atoms with Gasteiger partial charge in [-0.3, -0.25) is 0 Å². The lowest BCUT2D eigenvalue weighted by molar-refractivity contribution is 0.439. The number of hydrogen-bond donors (Lipinski definition) is 0. The highest BCUT2D eigenvalue weighted by molar-refractivity contribution is 4.75. The number of rotatable bonds is 23. The molecule has 168 valence electrons. The molecule has 2 heteroatoms. The molecular formula is C26H53NO. The highest BCUT2D eigenvalue weighted by Crippen LogP contribution is 2.19. The molecule has 0 N–H and O–H groups in total. The van der Waals surface area contributed by atoms with E-state index in [4.69, 9.17) is 0 Å². The summed E-state index contributed by atoms with van der Waals surface area (Å²) in [7, 11) is 0. The second kappa shape index (κ2) is 21.3. The van der Waals surface area contributed by atoms with Crippen molar-refractivity contribution in [3.63, 3.8) is 0 Å². The zero-order chi connectivity index (χ0) is 20.8. The van der Waals surface area contributed by atoms with Gasteiger partial charge in [0, 0.05) is 0 Å². The molecule has 0 fully saturated rings. The molecule has 0 heterocycles. The molecule has 2 nitrogen and oxygen atoms in total. The van der Waals surface area contributed by atoms with E-state index in [1.54, 1.807) is 0 Å². The normalized spacial score (nSPS) is 11.8. The van der Waals surface area contributed by atoms with Gasteiger partial charge in [0.05, 0.1) is 5.54 Å². The predicted octanol–water partition coefficient (Wildman–Crippen LogP) is 10.1. The van der Waals surface area contributed by atoms with Crippen molar-refractivity contribution in [2.75, 3.05) is 0 Å². The summed E-state index contributed by atoms with van der Waals surface area (Å²) in [6, 6.07) is 0. The Kier molecular flexibility index (Phi) is 21.0. The third-order valence-corrected chi connectivity index (χ3v) is 6.14. The summed E-state index contributed by atoms with van der Waals surface area (Å²) in [6.45, 7) is 6.18. The minimum atomic E-state index is -0.353. The van der Waals surface area contributed by atoms with Gasteiger partial charge in [-0.1, -0.05) is 147 Å². The van der Waals surface area contributed by atoms with Crippen LogP contribution in [0.4, 0.5) is 0 Å². The van der Waals surface area contributed by atoms with Crippen LogP contribution in [0.2, 0.25) is 0 Å². The lowest BCUT2D eigenvalue weighted by Gasteiger charge is -2.14. The zero-order valence-electron chi connectivity index (χ0n) is 19.9. The Labute approximate surface area is 178 Å². The Hall–Kier alpha value is -0.400. The molecule has 0 bridgehead atoms. The zero-order valence-corrected chi connectivity index (χ0v) is 19.9. The Morgan fingerprint density at radius 3 is 0.964 bits per heavy atom. The Balaban J connectivity index is 3.06. The van der Waals surface area contributed by atoms with E-state index in [1.807, 2.05) is 13.8 Å². The van der Waals surface area contributed by atoms with Crippen LogP contribution in [0.3, 0.4) is 0 Å². The van der Waals surface area contributed by atoms with Gasteiger partial charge in [0.2, 0.25) is 0 Å². The van der Waals surface area contributed by atoms with Gasteiger partial charge in [-0.15, -0.1) is 0 Å². The Morgan fingerprint density at radius 1 is 0.464 bits per heavy atom. The van der Waals surface area contributed by atoms with Gasteiger partial charge in [-0.2, -0.15) is 4.91 Å². The van der Waals surface area contributed by atoms with Crippen molar-refractivity contribution in [3.05, 3.63) is 4.91 Å². The molecule has 0 unspecified atom stereocenters. The van der Waals surface area contributed by atoms with Crippen LogP contribution in [0, 0.1) is 4.91 Å². The predicted molar refractivity (Wildman–Crippen MR) is 127 cm³/mol. The third-order valence-electron chi connectivity index (χ3n) is 6.14. The molecule has 0 radical (unpaired) electrons. The van der Waals surface area contributed by atoms with E-state index >= 15 is 0 Å². The Morgan fingerprint density at radius 2 is 0.714 bits per heavy atom. The van der Waals surface area contributed by atoms with Crippen LogP contribution >= 0.6 is 0 Å². The first-order valence-corrected chi connectivity index (χ1v) is 13.0. The van der Waals surface area contributed by atoms with E-state index in [0.29, 0.717) is 0 Å². The van der Waals surface area contributed by atoms with Crippen LogP contribution in [0.5, 0.6) is 0 Å². The van der Waals surface area contributed by atoms with Gasteiger partial charge in [0.1, 0.15) is 0 Å². The number of unbranched alkanes of at least 4 members (excludes halogenated alkanes) is 20. The fourth-order valence-corrected chi connectivity index (χ4v) is 4.04. The summed E-state index contributed by atoms with van der Waals surface area (Å²) in [5.74, 6) is 0. The Bertz CT molecular complexity index is 314. The first-order chi connectivity index (χ1) is 13.6.